The second-order valence-electron chi connectivity index (χ2n) is 6.66. The molecule has 1 heterocycles. The van der Waals surface area contributed by atoms with Crippen LogP contribution in [0.2, 0.25) is 0 Å². The average molecular weight is 441 g/mol. The number of hydrogen-bond acceptors (Lipinski definition) is 4. The van der Waals surface area contributed by atoms with Gasteiger partial charge in [-0.15, -0.1) is 0 Å². The molecule has 0 aliphatic carbocycles. The van der Waals surface area contributed by atoms with E-state index >= 15 is 0 Å². The Kier molecular flexibility index (Phi) is 6.80. The fraction of sp³-hybridized carbons (Fsp3) is 0.286. The third-order valence-corrected chi connectivity index (χ3v) is 5.19. The van der Waals surface area contributed by atoms with Crippen molar-refractivity contribution >= 4 is 27.7 Å². The molecule has 6 nitrogen and oxygen atoms in total. The van der Waals surface area contributed by atoms with Gasteiger partial charge in [0.05, 0.1) is 18.2 Å². The lowest BCUT2D eigenvalue weighted by Crippen LogP contribution is -2.50. The largest absolute Gasteiger partial charge is 0.343 e. The van der Waals surface area contributed by atoms with E-state index in [1.54, 1.807) is 23.1 Å². The maximum atomic E-state index is 12.4. The summed E-state index contributed by atoms with van der Waals surface area (Å²) in [6, 6.07) is 16.8. The third kappa shape index (κ3) is 5.41. The molecule has 1 saturated heterocycles. The van der Waals surface area contributed by atoms with Crippen LogP contribution in [0.3, 0.4) is 0 Å². The topological polar surface area (TPSA) is 76.4 Å². The molecule has 1 aliphatic heterocycles. The van der Waals surface area contributed by atoms with Crippen LogP contribution in [0, 0.1) is 11.3 Å². The van der Waals surface area contributed by atoms with E-state index in [0.29, 0.717) is 24.2 Å². The van der Waals surface area contributed by atoms with Crippen LogP contribution in [0.5, 0.6) is 0 Å². The summed E-state index contributed by atoms with van der Waals surface area (Å²) in [5.74, 6) is -0.324. The first-order chi connectivity index (χ1) is 13.5. The molecule has 0 atom stereocenters. The number of nitrogens with zero attached hydrogens (tertiary/aromatic N) is 3. The number of carbonyl (C=O) groups excluding carboxylic acids is 2. The molecule has 2 aromatic rings. The second kappa shape index (κ2) is 9.49. The van der Waals surface area contributed by atoms with E-state index < -0.39 is 0 Å². The first-order valence-corrected chi connectivity index (χ1v) is 9.87. The predicted octanol–water partition coefficient (Wildman–Crippen LogP) is 2.39. The number of nitriles is 1. The molecule has 1 aliphatic rings. The van der Waals surface area contributed by atoms with Crippen LogP contribution < -0.4 is 5.32 Å². The van der Waals surface area contributed by atoms with E-state index in [2.05, 4.69) is 32.2 Å². The highest BCUT2D eigenvalue weighted by molar-refractivity contribution is 9.10. The molecule has 0 saturated carbocycles. The number of carbonyl (C=O) groups is 2. The molecule has 28 heavy (non-hydrogen) atoms. The van der Waals surface area contributed by atoms with Crippen molar-refractivity contribution in [2.75, 3.05) is 32.7 Å². The van der Waals surface area contributed by atoms with Crippen molar-refractivity contribution < 1.29 is 9.59 Å². The number of halogens is 1. The second-order valence-corrected chi connectivity index (χ2v) is 7.57. The number of nitrogens with one attached hydrogen (secondary N) is 1. The highest BCUT2D eigenvalue weighted by Gasteiger charge is 2.21. The molecule has 3 rings (SSSR count). The molecular formula is C21H21BrN4O2. The van der Waals surface area contributed by atoms with Gasteiger partial charge >= 0.3 is 0 Å². The Morgan fingerprint density at radius 3 is 2.43 bits per heavy atom. The van der Waals surface area contributed by atoms with Crippen molar-refractivity contribution in [1.29, 1.82) is 5.26 Å². The summed E-state index contributed by atoms with van der Waals surface area (Å²) in [7, 11) is 0. The van der Waals surface area contributed by atoms with E-state index in [4.69, 9.17) is 5.26 Å². The number of amides is 2. The fourth-order valence-corrected chi connectivity index (χ4v) is 3.50. The summed E-state index contributed by atoms with van der Waals surface area (Å²) in [6.07, 6.45) is 0. The van der Waals surface area contributed by atoms with Gasteiger partial charge in [0.2, 0.25) is 5.91 Å². The highest BCUT2D eigenvalue weighted by Crippen LogP contribution is 2.12. The molecule has 144 valence electrons. The predicted molar refractivity (Wildman–Crippen MR) is 109 cm³/mol. The first-order valence-electron chi connectivity index (χ1n) is 9.08. The molecule has 0 bridgehead atoms. The van der Waals surface area contributed by atoms with Crippen LogP contribution in [0.15, 0.2) is 53.0 Å². The molecule has 1 N–H and O–H groups in total. The Labute approximate surface area is 172 Å². The molecule has 0 radical (unpaired) electrons. The van der Waals surface area contributed by atoms with Gasteiger partial charge in [-0.1, -0.05) is 34.1 Å². The van der Waals surface area contributed by atoms with E-state index in [1.807, 2.05) is 30.3 Å². The third-order valence-electron chi connectivity index (χ3n) is 4.70. The van der Waals surface area contributed by atoms with Crippen molar-refractivity contribution in [2.45, 2.75) is 6.54 Å². The lowest BCUT2D eigenvalue weighted by Gasteiger charge is -2.34. The van der Waals surface area contributed by atoms with Crippen molar-refractivity contribution in [3.05, 3.63) is 69.7 Å². The number of rotatable bonds is 5. The minimum Gasteiger partial charge on any atom is -0.343 e. The normalized spacial score (nSPS) is 14.4. The summed E-state index contributed by atoms with van der Waals surface area (Å²) in [4.78, 5) is 28.6. The monoisotopic (exact) mass is 440 g/mol. The van der Waals surface area contributed by atoms with E-state index in [0.717, 1.165) is 29.7 Å². The summed E-state index contributed by atoms with van der Waals surface area (Å²) in [5.41, 5.74) is 2.33. The minimum absolute atomic E-state index is 0.000961. The molecule has 0 spiro atoms. The Morgan fingerprint density at radius 2 is 1.79 bits per heavy atom. The maximum absolute atomic E-state index is 12.4. The van der Waals surface area contributed by atoms with Gasteiger partial charge in [-0.2, -0.15) is 5.26 Å². The quantitative estimate of drug-likeness (QED) is 0.774. The van der Waals surface area contributed by atoms with Crippen molar-refractivity contribution in [3.63, 3.8) is 0 Å². The Hall–Kier alpha value is -2.69. The van der Waals surface area contributed by atoms with E-state index in [-0.39, 0.29) is 18.4 Å². The highest BCUT2D eigenvalue weighted by atomic mass is 79.9. The summed E-state index contributed by atoms with van der Waals surface area (Å²) in [6.45, 7) is 3.65. The van der Waals surface area contributed by atoms with Gasteiger partial charge < -0.3 is 10.2 Å². The van der Waals surface area contributed by atoms with Gasteiger partial charge in [-0.3, -0.25) is 14.5 Å². The molecule has 7 heteroatoms. The summed E-state index contributed by atoms with van der Waals surface area (Å²) in [5, 5.41) is 11.6. The fourth-order valence-electron chi connectivity index (χ4n) is 3.10. The van der Waals surface area contributed by atoms with Crippen molar-refractivity contribution in [1.82, 2.24) is 15.1 Å². The van der Waals surface area contributed by atoms with Gasteiger partial charge in [0.25, 0.3) is 5.91 Å². The van der Waals surface area contributed by atoms with Gasteiger partial charge in [0.15, 0.2) is 0 Å². The van der Waals surface area contributed by atoms with Crippen LogP contribution in [-0.2, 0) is 11.3 Å². The zero-order valence-electron chi connectivity index (χ0n) is 15.4. The lowest BCUT2D eigenvalue weighted by atomic mass is 10.1. The summed E-state index contributed by atoms with van der Waals surface area (Å²) < 4.78 is 0.824. The van der Waals surface area contributed by atoms with Gasteiger partial charge in [0, 0.05) is 42.8 Å². The molecule has 2 amide bonds. The van der Waals surface area contributed by atoms with Crippen LogP contribution in [0.4, 0.5) is 0 Å². The van der Waals surface area contributed by atoms with E-state index in [1.165, 1.54) is 0 Å². The zero-order valence-corrected chi connectivity index (χ0v) is 17.0. The summed E-state index contributed by atoms with van der Waals surface area (Å²) >= 11 is 3.34. The lowest BCUT2D eigenvalue weighted by molar-refractivity contribution is -0.131. The molecule has 2 aromatic carbocycles. The molecule has 0 aromatic heterocycles. The van der Waals surface area contributed by atoms with Crippen molar-refractivity contribution in [2.24, 2.45) is 0 Å². The molecule has 1 fully saturated rings. The minimum atomic E-state index is -0.255. The first kappa shape index (κ1) is 20.1. The Morgan fingerprint density at radius 1 is 1.07 bits per heavy atom. The average Bonchev–Trinajstić information content (AvgIpc) is 2.73. The SMILES string of the molecule is N#Cc1ccc(CN2CCN(C(=O)CNC(=O)c3cccc(Br)c3)CC2)cc1. The van der Waals surface area contributed by atoms with Gasteiger partial charge in [-0.25, -0.2) is 0 Å². The molecule has 0 unspecified atom stereocenters. The molecular weight excluding hydrogens is 420 g/mol. The standard InChI is InChI=1S/C21H21BrN4O2/c22-19-3-1-2-18(12-19)21(28)24-14-20(27)26-10-8-25(9-11-26)15-17-6-4-16(13-23)5-7-17/h1-7,12H,8-11,14-15H2,(H,24,28). The Bertz CT molecular complexity index is 884. The number of hydrogen-bond donors (Lipinski definition) is 1. The number of benzene rings is 2. The van der Waals surface area contributed by atoms with Crippen LogP contribution in [-0.4, -0.2) is 54.3 Å². The van der Waals surface area contributed by atoms with Crippen molar-refractivity contribution in [3.8, 4) is 6.07 Å². The maximum Gasteiger partial charge on any atom is 0.251 e. The van der Waals surface area contributed by atoms with E-state index in [9.17, 15) is 9.59 Å². The van der Waals surface area contributed by atoms with Crippen LogP contribution in [0.25, 0.3) is 0 Å². The smallest absolute Gasteiger partial charge is 0.251 e. The van der Waals surface area contributed by atoms with Crippen LogP contribution >= 0.6 is 15.9 Å². The van der Waals surface area contributed by atoms with Crippen LogP contribution in [0.1, 0.15) is 21.5 Å². The van der Waals surface area contributed by atoms with Gasteiger partial charge in [0.1, 0.15) is 0 Å². The Balaban J connectivity index is 1.43. The zero-order chi connectivity index (χ0) is 19.9. The number of piperazine rings is 1. The van der Waals surface area contributed by atoms with Gasteiger partial charge in [-0.05, 0) is 35.9 Å².